The maximum Gasteiger partial charge on any atom is 0.201 e. The summed E-state index contributed by atoms with van der Waals surface area (Å²) in [7, 11) is 5.77. The Morgan fingerprint density at radius 1 is 1.03 bits per heavy atom. The lowest BCUT2D eigenvalue weighted by atomic mass is 10.0. The fraction of sp³-hybridized carbons (Fsp3) is 0.333. The molecule has 0 unspecified atom stereocenters. The number of aromatic nitrogens is 4. The number of ether oxygens (including phenoxy) is 1. The Morgan fingerprint density at radius 2 is 1.81 bits per heavy atom. The molecule has 4 rings (SSSR count). The van der Waals surface area contributed by atoms with Gasteiger partial charge in [0.2, 0.25) is 5.82 Å². The van der Waals surface area contributed by atoms with Gasteiger partial charge in [0.05, 0.1) is 24.9 Å². The van der Waals surface area contributed by atoms with Gasteiger partial charge in [0.15, 0.2) is 11.6 Å². The van der Waals surface area contributed by atoms with Crippen LogP contribution in [-0.4, -0.2) is 33.2 Å². The summed E-state index contributed by atoms with van der Waals surface area (Å²) in [4.78, 5) is 0. The van der Waals surface area contributed by atoms with E-state index in [1.54, 1.807) is 6.07 Å². The molecule has 2 N–H and O–H groups in total. The summed E-state index contributed by atoms with van der Waals surface area (Å²) in [6.45, 7) is 4.86. The zero-order valence-electron chi connectivity index (χ0n) is 19.0. The van der Waals surface area contributed by atoms with Crippen molar-refractivity contribution in [2.45, 2.75) is 26.8 Å². The Labute approximate surface area is 185 Å². The van der Waals surface area contributed by atoms with E-state index in [1.807, 2.05) is 67.9 Å². The van der Waals surface area contributed by atoms with E-state index in [2.05, 4.69) is 10.2 Å². The molecule has 6 nitrogen and oxygen atoms in total. The first-order valence-electron chi connectivity index (χ1n) is 10.7. The van der Waals surface area contributed by atoms with Gasteiger partial charge in [-0.1, -0.05) is 6.07 Å². The minimum atomic E-state index is -0.976. The number of nitrogens with two attached hydrogens (primary N) is 1. The third-order valence-electron chi connectivity index (χ3n) is 5.94. The van der Waals surface area contributed by atoms with Crippen molar-refractivity contribution in [1.29, 1.82) is 0 Å². The van der Waals surface area contributed by atoms with Crippen LogP contribution in [-0.2, 0) is 27.1 Å². The highest BCUT2D eigenvalue weighted by molar-refractivity contribution is 5.88. The molecule has 32 heavy (non-hydrogen) atoms. The Bertz CT molecular complexity index is 1290. The maximum atomic E-state index is 14.8. The molecule has 0 radical (unpaired) electrons. The molecular formula is C24H28F2N5O+. The predicted octanol–water partition coefficient (Wildman–Crippen LogP) is 3.18. The third-order valence-corrected chi connectivity index (χ3v) is 5.94. The SMILES string of the molecule is C[NH2+]Cc1nn(C)c2ccc(-c3ccc(F)c(F)c3OCCc3c(C)nn(C)c3C)cc12. The van der Waals surface area contributed by atoms with Gasteiger partial charge in [0.1, 0.15) is 12.2 Å². The maximum absolute atomic E-state index is 14.8. The minimum absolute atomic E-state index is 0.0731. The Morgan fingerprint density at radius 3 is 2.50 bits per heavy atom. The summed E-state index contributed by atoms with van der Waals surface area (Å²) in [5.74, 6) is -1.98. The number of quaternary nitrogens is 1. The number of halogens is 2. The second-order valence-corrected chi connectivity index (χ2v) is 8.02. The lowest BCUT2D eigenvalue weighted by Gasteiger charge is -2.14. The van der Waals surface area contributed by atoms with Gasteiger partial charge in [-0.3, -0.25) is 9.36 Å². The zero-order chi connectivity index (χ0) is 23.0. The van der Waals surface area contributed by atoms with Gasteiger partial charge >= 0.3 is 0 Å². The number of nitrogens with zero attached hydrogens (tertiary/aromatic N) is 4. The van der Waals surface area contributed by atoms with Crippen LogP contribution in [0.1, 0.15) is 22.6 Å². The van der Waals surface area contributed by atoms with E-state index in [0.717, 1.165) is 51.7 Å². The average molecular weight is 441 g/mol. The van der Waals surface area contributed by atoms with Crippen LogP contribution in [0.5, 0.6) is 5.75 Å². The average Bonchev–Trinajstić information content (AvgIpc) is 3.20. The van der Waals surface area contributed by atoms with E-state index in [4.69, 9.17) is 4.74 Å². The number of hydrogen-bond acceptors (Lipinski definition) is 3. The van der Waals surface area contributed by atoms with Crippen molar-refractivity contribution >= 4 is 10.9 Å². The summed E-state index contributed by atoms with van der Waals surface area (Å²) in [5.41, 5.74) is 6.20. The van der Waals surface area contributed by atoms with Crippen LogP contribution in [0, 0.1) is 25.5 Å². The van der Waals surface area contributed by atoms with Crippen LogP contribution in [0.2, 0.25) is 0 Å². The second-order valence-electron chi connectivity index (χ2n) is 8.02. The molecule has 2 heterocycles. The van der Waals surface area contributed by atoms with Crippen molar-refractivity contribution in [3.63, 3.8) is 0 Å². The second kappa shape index (κ2) is 8.70. The first-order valence-corrected chi connectivity index (χ1v) is 10.7. The van der Waals surface area contributed by atoms with Crippen molar-refractivity contribution < 1.29 is 18.8 Å². The number of rotatable bonds is 7. The van der Waals surface area contributed by atoms with E-state index in [-0.39, 0.29) is 12.4 Å². The van der Waals surface area contributed by atoms with Gasteiger partial charge in [-0.15, -0.1) is 0 Å². The van der Waals surface area contributed by atoms with Crippen molar-refractivity contribution in [3.05, 3.63) is 64.6 Å². The molecule has 0 saturated heterocycles. The fourth-order valence-corrected chi connectivity index (χ4v) is 4.18. The van der Waals surface area contributed by atoms with Crippen molar-refractivity contribution in [1.82, 2.24) is 19.6 Å². The number of hydrogen-bond donors (Lipinski definition) is 1. The van der Waals surface area contributed by atoms with E-state index >= 15 is 0 Å². The molecule has 0 saturated carbocycles. The topological polar surface area (TPSA) is 61.5 Å². The number of benzene rings is 2. The quantitative estimate of drug-likeness (QED) is 0.480. The van der Waals surface area contributed by atoms with Gasteiger partial charge in [-0.2, -0.15) is 14.6 Å². The molecule has 0 aliphatic carbocycles. The standard InChI is InChI=1S/C24H27F2N5O/c1-14-17(15(2)30(4)28-14)10-11-32-24-18(7-8-20(25)23(24)26)16-6-9-22-19(12-16)21(13-27-3)29-31(22)5/h6-9,12,27H,10-11,13H2,1-5H3/p+1. The zero-order valence-corrected chi connectivity index (χ0v) is 19.0. The Kier molecular flexibility index (Phi) is 5.97. The van der Waals surface area contributed by atoms with E-state index in [1.165, 1.54) is 0 Å². The summed E-state index contributed by atoms with van der Waals surface area (Å²) in [6, 6.07) is 8.51. The van der Waals surface area contributed by atoms with Crippen molar-refractivity contribution in [2.24, 2.45) is 14.1 Å². The highest BCUT2D eigenvalue weighted by atomic mass is 19.2. The monoisotopic (exact) mass is 440 g/mol. The van der Waals surface area contributed by atoms with Crippen LogP contribution in [0.25, 0.3) is 22.0 Å². The normalized spacial score (nSPS) is 11.5. The largest absolute Gasteiger partial charge is 0.489 e. The predicted molar refractivity (Wildman–Crippen MR) is 120 cm³/mol. The smallest absolute Gasteiger partial charge is 0.201 e. The molecule has 8 heteroatoms. The number of fused-ring (bicyclic) bond motifs is 1. The summed E-state index contributed by atoms with van der Waals surface area (Å²) in [5, 5.41) is 12.0. The van der Waals surface area contributed by atoms with Crippen molar-refractivity contribution in [3.8, 4) is 16.9 Å². The van der Waals surface area contributed by atoms with Gasteiger partial charge in [-0.25, -0.2) is 4.39 Å². The van der Waals surface area contributed by atoms with Crippen LogP contribution in [0.15, 0.2) is 30.3 Å². The van der Waals surface area contributed by atoms with Gasteiger partial charge in [-0.05, 0) is 49.2 Å². The summed E-state index contributed by atoms with van der Waals surface area (Å²) >= 11 is 0. The molecule has 0 spiro atoms. The van der Waals surface area contributed by atoms with Crippen LogP contribution in [0.4, 0.5) is 8.78 Å². The summed E-state index contributed by atoms with van der Waals surface area (Å²) in [6.07, 6.45) is 0.555. The van der Waals surface area contributed by atoms with Crippen LogP contribution >= 0.6 is 0 Å². The fourth-order valence-electron chi connectivity index (χ4n) is 4.18. The molecule has 2 aromatic carbocycles. The molecule has 0 fully saturated rings. The molecule has 2 aromatic heterocycles. The molecule has 0 aliphatic rings. The van der Waals surface area contributed by atoms with Crippen LogP contribution in [0.3, 0.4) is 0 Å². The van der Waals surface area contributed by atoms with Crippen LogP contribution < -0.4 is 10.1 Å². The van der Waals surface area contributed by atoms with E-state index in [0.29, 0.717) is 12.0 Å². The minimum Gasteiger partial charge on any atom is -0.489 e. The van der Waals surface area contributed by atoms with Gasteiger partial charge in [0, 0.05) is 37.2 Å². The molecule has 4 aromatic rings. The molecule has 0 atom stereocenters. The lowest BCUT2D eigenvalue weighted by molar-refractivity contribution is -0.643. The molecular weight excluding hydrogens is 412 g/mol. The van der Waals surface area contributed by atoms with E-state index in [9.17, 15) is 8.78 Å². The lowest BCUT2D eigenvalue weighted by Crippen LogP contribution is -2.77. The summed E-state index contributed by atoms with van der Waals surface area (Å²) < 4.78 is 38.4. The molecule has 0 amide bonds. The number of aryl methyl sites for hydroxylation is 3. The molecule has 168 valence electrons. The first-order chi connectivity index (χ1) is 15.3. The van der Waals surface area contributed by atoms with Gasteiger partial charge < -0.3 is 10.1 Å². The Balaban J connectivity index is 1.69. The molecule has 0 aliphatic heterocycles. The Hall–Kier alpha value is -3.26. The highest BCUT2D eigenvalue weighted by Crippen LogP contribution is 2.36. The van der Waals surface area contributed by atoms with Crippen molar-refractivity contribution in [2.75, 3.05) is 13.7 Å². The molecule has 0 bridgehead atoms. The highest BCUT2D eigenvalue weighted by Gasteiger charge is 2.19. The third kappa shape index (κ3) is 3.86. The first kappa shape index (κ1) is 22.0. The van der Waals surface area contributed by atoms with E-state index < -0.39 is 11.6 Å². The van der Waals surface area contributed by atoms with Gasteiger partial charge in [0.25, 0.3) is 0 Å².